The predicted molar refractivity (Wildman–Crippen MR) is 124 cm³/mol. The smallest absolute Gasteiger partial charge is 0.378 e. The minimum absolute atomic E-state index is 0.125. The van der Waals surface area contributed by atoms with Crippen LogP contribution in [0.3, 0.4) is 0 Å². The Balaban J connectivity index is 1.55. The van der Waals surface area contributed by atoms with Crippen molar-refractivity contribution in [3.05, 3.63) is 83.8 Å². The summed E-state index contributed by atoms with van der Waals surface area (Å²) in [6.45, 7) is 3.31. The van der Waals surface area contributed by atoms with E-state index >= 15 is 0 Å². The number of carbonyl (C=O) groups excluding carboxylic acids is 2. The quantitative estimate of drug-likeness (QED) is 0.370. The lowest BCUT2D eigenvalue weighted by Gasteiger charge is -2.26. The first kappa shape index (κ1) is 22.3. The van der Waals surface area contributed by atoms with Gasteiger partial charge in [-0.25, -0.2) is 13.9 Å². The number of ether oxygens (including phenoxy) is 1. The van der Waals surface area contributed by atoms with Crippen molar-refractivity contribution in [3.63, 3.8) is 0 Å². The van der Waals surface area contributed by atoms with Gasteiger partial charge in [-0.05, 0) is 61.7 Å². The Morgan fingerprint density at radius 3 is 2.42 bits per heavy atom. The number of aromatic nitrogens is 3. The van der Waals surface area contributed by atoms with E-state index in [0.717, 1.165) is 4.88 Å². The highest BCUT2D eigenvalue weighted by molar-refractivity contribution is 7.13. The van der Waals surface area contributed by atoms with Crippen LogP contribution in [0.5, 0.6) is 0 Å². The maximum Gasteiger partial charge on any atom is 0.378 e. The second-order valence-electron chi connectivity index (χ2n) is 7.39. The second kappa shape index (κ2) is 9.74. The van der Waals surface area contributed by atoms with E-state index in [0.29, 0.717) is 17.2 Å². The summed E-state index contributed by atoms with van der Waals surface area (Å²) in [6, 6.07) is 18.4. The number of rotatable bonds is 7. The molecule has 0 atom stereocenters. The molecule has 0 radical (unpaired) electrons. The van der Waals surface area contributed by atoms with E-state index in [2.05, 4.69) is 10.1 Å². The summed E-state index contributed by atoms with van der Waals surface area (Å²) in [7, 11) is 0. The number of nitrogens with zero attached hydrogens (tertiary/aromatic N) is 4. The van der Waals surface area contributed by atoms with E-state index in [1.54, 1.807) is 17.0 Å². The van der Waals surface area contributed by atoms with Crippen LogP contribution >= 0.6 is 11.3 Å². The minimum Gasteiger partial charge on any atom is -0.450 e. The van der Waals surface area contributed by atoms with E-state index in [1.807, 2.05) is 61.7 Å². The van der Waals surface area contributed by atoms with Gasteiger partial charge in [-0.1, -0.05) is 24.3 Å². The normalized spacial score (nSPS) is 10.9. The minimum atomic E-state index is -0.821. The van der Waals surface area contributed by atoms with Gasteiger partial charge < -0.3 is 9.64 Å². The van der Waals surface area contributed by atoms with Crippen molar-refractivity contribution in [2.75, 3.05) is 11.5 Å². The van der Waals surface area contributed by atoms with Gasteiger partial charge in [0.15, 0.2) is 12.4 Å². The Labute approximate surface area is 194 Å². The van der Waals surface area contributed by atoms with Crippen LogP contribution in [0.15, 0.2) is 72.1 Å². The molecule has 0 fully saturated rings. The summed E-state index contributed by atoms with van der Waals surface area (Å²) in [5.74, 6) is -1.34. The number of anilines is 1. The van der Waals surface area contributed by atoms with E-state index in [1.165, 1.54) is 28.2 Å². The van der Waals surface area contributed by atoms with Crippen molar-refractivity contribution in [2.45, 2.75) is 19.9 Å². The monoisotopic (exact) mass is 464 g/mol. The van der Waals surface area contributed by atoms with Gasteiger partial charge >= 0.3 is 5.97 Å². The third-order valence-corrected chi connectivity index (χ3v) is 5.61. The Kier molecular flexibility index (Phi) is 6.60. The molecule has 7 nitrogen and oxygen atoms in total. The van der Waals surface area contributed by atoms with E-state index in [9.17, 15) is 14.0 Å². The fourth-order valence-electron chi connectivity index (χ4n) is 3.31. The molecule has 4 aromatic rings. The molecular formula is C24H21FN4O3S. The summed E-state index contributed by atoms with van der Waals surface area (Å²) in [5.41, 5.74) is 1.25. The molecule has 4 rings (SSSR count). The third-order valence-electron chi connectivity index (χ3n) is 4.75. The molecule has 33 heavy (non-hydrogen) atoms. The van der Waals surface area contributed by atoms with E-state index in [4.69, 9.17) is 4.74 Å². The van der Waals surface area contributed by atoms with Crippen LogP contribution in [0.1, 0.15) is 24.5 Å². The molecule has 0 aliphatic heterocycles. The number of thiophene rings is 1. The van der Waals surface area contributed by atoms with Crippen molar-refractivity contribution < 1.29 is 18.7 Å². The summed E-state index contributed by atoms with van der Waals surface area (Å²) in [6.07, 6.45) is 0. The molecule has 0 aliphatic rings. The van der Waals surface area contributed by atoms with Gasteiger partial charge in [0, 0.05) is 11.7 Å². The molecule has 2 heterocycles. The summed E-state index contributed by atoms with van der Waals surface area (Å²) in [5, 5.41) is 6.15. The van der Waals surface area contributed by atoms with Crippen molar-refractivity contribution in [1.82, 2.24) is 14.8 Å². The number of amides is 1. The molecule has 1 amide bonds. The summed E-state index contributed by atoms with van der Waals surface area (Å²) in [4.78, 5) is 32.2. The fraction of sp³-hybridized carbons (Fsp3) is 0.167. The van der Waals surface area contributed by atoms with Gasteiger partial charge in [-0.15, -0.1) is 16.4 Å². The zero-order valence-corrected chi connectivity index (χ0v) is 18.8. The fourth-order valence-corrected chi connectivity index (χ4v) is 4.00. The number of esters is 1. The lowest BCUT2D eigenvalue weighted by molar-refractivity contribution is -0.122. The highest BCUT2D eigenvalue weighted by atomic mass is 32.1. The lowest BCUT2D eigenvalue weighted by Crippen LogP contribution is -2.40. The molecular weight excluding hydrogens is 443 g/mol. The number of hydrogen-bond donors (Lipinski definition) is 0. The molecule has 168 valence electrons. The van der Waals surface area contributed by atoms with Crippen LogP contribution in [0.4, 0.5) is 10.1 Å². The maximum absolute atomic E-state index is 13.4. The first-order valence-corrected chi connectivity index (χ1v) is 11.1. The summed E-state index contributed by atoms with van der Waals surface area (Å²) < 4.78 is 20.1. The Hall–Kier alpha value is -3.85. The lowest BCUT2D eigenvalue weighted by atomic mass is 10.2. The zero-order valence-electron chi connectivity index (χ0n) is 18.0. The van der Waals surface area contributed by atoms with Crippen LogP contribution in [0, 0.1) is 5.82 Å². The molecule has 0 saturated heterocycles. The van der Waals surface area contributed by atoms with E-state index < -0.39 is 12.6 Å². The molecule has 0 unspecified atom stereocenters. The molecule has 0 saturated carbocycles. The Morgan fingerprint density at radius 1 is 1.06 bits per heavy atom. The van der Waals surface area contributed by atoms with Gasteiger partial charge in [-0.3, -0.25) is 4.79 Å². The average Bonchev–Trinajstić information content (AvgIpc) is 3.49. The molecule has 9 heteroatoms. The first-order valence-electron chi connectivity index (χ1n) is 10.2. The van der Waals surface area contributed by atoms with Gasteiger partial charge in [0.25, 0.3) is 11.7 Å². The molecule has 2 aromatic carbocycles. The Morgan fingerprint density at radius 2 is 1.79 bits per heavy atom. The SMILES string of the molecule is CC(C)N(C(=O)COC(=O)c1nc(-c2cccs2)n(-c2ccc(F)cc2)n1)c1ccccc1. The molecule has 0 bridgehead atoms. The Bertz CT molecular complexity index is 1240. The van der Waals surface area contributed by atoms with Crippen LogP contribution in [-0.4, -0.2) is 39.3 Å². The molecule has 0 spiro atoms. The molecule has 2 aromatic heterocycles. The highest BCUT2D eigenvalue weighted by Gasteiger charge is 2.24. The van der Waals surface area contributed by atoms with E-state index in [-0.39, 0.29) is 23.6 Å². The van der Waals surface area contributed by atoms with Gasteiger partial charge in [-0.2, -0.15) is 4.98 Å². The van der Waals surface area contributed by atoms with Gasteiger partial charge in [0.2, 0.25) is 0 Å². The van der Waals surface area contributed by atoms with Crippen LogP contribution < -0.4 is 4.90 Å². The van der Waals surface area contributed by atoms with Gasteiger partial charge in [0.1, 0.15) is 5.82 Å². The van der Waals surface area contributed by atoms with Crippen molar-refractivity contribution in [3.8, 4) is 16.4 Å². The average molecular weight is 465 g/mol. The van der Waals surface area contributed by atoms with Gasteiger partial charge in [0.05, 0.1) is 10.6 Å². The first-order chi connectivity index (χ1) is 15.9. The second-order valence-corrected chi connectivity index (χ2v) is 8.34. The van der Waals surface area contributed by atoms with Crippen molar-refractivity contribution in [1.29, 1.82) is 0 Å². The number of hydrogen-bond acceptors (Lipinski definition) is 6. The third kappa shape index (κ3) is 4.98. The topological polar surface area (TPSA) is 77.3 Å². The highest BCUT2D eigenvalue weighted by Crippen LogP contribution is 2.26. The number of halogens is 1. The van der Waals surface area contributed by atoms with Crippen molar-refractivity contribution >= 4 is 28.9 Å². The maximum atomic E-state index is 13.4. The van der Waals surface area contributed by atoms with Crippen molar-refractivity contribution in [2.24, 2.45) is 0 Å². The van der Waals surface area contributed by atoms with Crippen LogP contribution in [0.25, 0.3) is 16.4 Å². The number of para-hydroxylation sites is 1. The molecule has 0 N–H and O–H groups in total. The zero-order chi connectivity index (χ0) is 23.4. The standard InChI is InChI=1S/C24H21FN4O3S/c1-16(2)28(18-7-4-3-5-8-18)21(30)15-32-24(31)22-26-23(20-9-6-14-33-20)29(27-22)19-12-10-17(25)11-13-19/h3-14,16H,15H2,1-2H3. The number of benzene rings is 2. The summed E-state index contributed by atoms with van der Waals surface area (Å²) >= 11 is 1.43. The predicted octanol–water partition coefficient (Wildman–Crippen LogP) is 4.73. The van der Waals surface area contributed by atoms with Crippen LogP contribution in [0.2, 0.25) is 0 Å². The van der Waals surface area contributed by atoms with Crippen LogP contribution in [-0.2, 0) is 9.53 Å². The number of carbonyl (C=O) groups is 2. The molecule has 0 aliphatic carbocycles. The largest absolute Gasteiger partial charge is 0.450 e.